The average Bonchev–Trinajstić information content (AvgIpc) is 2.99. The van der Waals surface area contributed by atoms with Gasteiger partial charge < -0.3 is 18.9 Å². The van der Waals surface area contributed by atoms with E-state index < -0.39 is 130 Å². The summed E-state index contributed by atoms with van der Waals surface area (Å²) in [5.41, 5.74) is -10.2. The van der Waals surface area contributed by atoms with Gasteiger partial charge in [0.15, 0.2) is 0 Å². The minimum absolute atomic E-state index is 0.489. The molecule has 36 heteroatoms. The molecule has 0 aliphatic carbocycles. The molecule has 0 atom stereocenters. The highest BCUT2D eigenvalue weighted by Gasteiger charge is 2.99. The minimum atomic E-state index is -10.2. The predicted octanol–water partition coefficient (Wildman–Crippen LogP) is 6.01. The number of esters is 4. The second-order valence-corrected chi connectivity index (χ2v) is 9.56. The lowest BCUT2D eigenvalue weighted by Crippen LogP contribution is -2.78. The molecule has 0 aromatic carbocycles. The van der Waals surface area contributed by atoms with Gasteiger partial charge in [0.1, 0.15) is 0 Å². The molecule has 0 amide bonds. The van der Waals surface area contributed by atoms with Crippen molar-refractivity contribution >= 4 is 23.9 Å². The van der Waals surface area contributed by atoms with Crippen molar-refractivity contribution in [3.8, 4) is 0 Å². The maximum absolute atomic E-state index is 15.5. The molecule has 0 heterocycles. The molecule has 0 aliphatic heterocycles. The molecule has 0 N–H and O–H groups in total. The van der Waals surface area contributed by atoms with Crippen LogP contribution in [0.5, 0.6) is 0 Å². The third kappa shape index (κ3) is 8.47. The molecule has 0 saturated heterocycles. The number of halogens is 24. The van der Waals surface area contributed by atoms with Gasteiger partial charge in [-0.05, 0) is 0 Å². The topological polar surface area (TPSA) is 142 Å². The fraction of sp³-hybridized carbons (Fsp3) is 0.810. The van der Waals surface area contributed by atoms with Gasteiger partial charge in [-0.2, -0.15) is 105 Å². The van der Waals surface area contributed by atoms with E-state index in [1.807, 2.05) is 0 Å². The van der Waals surface area contributed by atoms with E-state index in [9.17, 15) is 89.4 Å². The maximum Gasteiger partial charge on any atom is 0.435 e. The van der Waals surface area contributed by atoms with Crippen LogP contribution in [-0.2, 0) is 57.1 Å². The molecule has 0 aromatic heterocycles. The van der Waals surface area contributed by atoms with Crippen LogP contribution >= 0.6 is 0 Å². The Morgan fingerprint density at radius 1 is 0.263 bits per heavy atom. The molecule has 57 heavy (non-hydrogen) atoms. The quantitative estimate of drug-likeness (QED) is 0.0802. The fourth-order valence-electron chi connectivity index (χ4n) is 3.21. The Labute approximate surface area is 294 Å². The predicted molar refractivity (Wildman–Crippen MR) is 114 cm³/mol. The van der Waals surface area contributed by atoms with Gasteiger partial charge in [-0.15, -0.1) is 0 Å². The third-order valence-corrected chi connectivity index (χ3v) is 6.00. The molecule has 0 radical (unpaired) electrons. The summed E-state index contributed by atoms with van der Waals surface area (Å²) >= 11 is 0. The zero-order valence-electron chi connectivity index (χ0n) is 26.5. The Kier molecular flexibility index (Phi) is 14.3. The molecule has 0 spiro atoms. The van der Waals surface area contributed by atoms with Gasteiger partial charge >= 0.3 is 102 Å². The highest BCUT2D eigenvalue weighted by molar-refractivity contribution is 5.79. The van der Waals surface area contributed by atoms with Gasteiger partial charge in [0, 0.05) is 0 Å². The van der Waals surface area contributed by atoms with Crippen LogP contribution in [0.1, 0.15) is 0 Å². The van der Waals surface area contributed by atoms with Crippen molar-refractivity contribution < 1.29 is 162 Å². The van der Waals surface area contributed by atoms with Crippen LogP contribution in [0.3, 0.4) is 0 Å². The zero-order valence-corrected chi connectivity index (χ0v) is 26.5. The van der Waals surface area contributed by atoms with Crippen molar-refractivity contribution in [2.24, 2.45) is 5.41 Å². The van der Waals surface area contributed by atoms with Gasteiger partial charge in [-0.1, -0.05) is 0 Å². The number of ether oxygens (including phenoxy) is 8. The van der Waals surface area contributed by atoms with Crippen LogP contribution in [0.15, 0.2) is 0 Å². The number of carbonyl (C=O) groups is 4. The SMILES string of the molecule is COC(=O)C(F)(F)C(F)(F)OC(F)(F)C(C(F)(F)OC(F)(F)C(F)(F)C(=O)OC)(C(F)(F)OC(F)(F)C(F)(F)C(=O)OC)C(F)(F)OC(F)(F)C(F)(F)C(=O)OC. The fourth-order valence-corrected chi connectivity index (χ4v) is 3.21. The monoisotopic (exact) mass is 912 g/mol. The summed E-state index contributed by atoms with van der Waals surface area (Å²) in [6.07, 6.45) is -71.9. The van der Waals surface area contributed by atoms with Crippen molar-refractivity contribution in [3.63, 3.8) is 0 Å². The molecule has 0 fully saturated rings. The Balaban J connectivity index is 9.27. The van der Waals surface area contributed by atoms with Gasteiger partial charge in [0.25, 0.3) is 0 Å². The Morgan fingerprint density at radius 3 is 0.491 bits per heavy atom. The molecule has 0 rings (SSSR count). The van der Waals surface area contributed by atoms with Crippen molar-refractivity contribution in [2.75, 3.05) is 28.4 Å². The average molecular weight is 912 g/mol. The first-order valence-electron chi connectivity index (χ1n) is 12.4. The standard InChI is InChI=1S/C21H12F24O12/c1-50-5(46)9(22,23)14(30,31)54-18(38,39)13(19(40,41)55-15(32,33)10(24,25)6(47)51-2,20(42,43)56-16(34,35)11(26,27)7(48)52-3)21(44,45)57-17(36,37)12(28,29)8(49)53-4/h1-4H3. The first-order valence-corrected chi connectivity index (χ1v) is 12.4. The number of hydrogen-bond acceptors (Lipinski definition) is 12. The van der Waals surface area contributed by atoms with E-state index in [4.69, 9.17) is 0 Å². The number of rotatable bonds is 20. The summed E-state index contributed by atoms with van der Waals surface area (Å²) in [6, 6.07) is 0. The summed E-state index contributed by atoms with van der Waals surface area (Å²) in [4.78, 5) is 44.0. The Morgan fingerprint density at radius 2 is 0.386 bits per heavy atom. The number of methoxy groups -OCH3 is 4. The summed E-state index contributed by atoms with van der Waals surface area (Å²) in [5.74, 6) is -46.7. The Hall–Kier alpha value is -3.96. The number of hydrogen-bond donors (Lipinski definition) is 0. The van der Waals surface area contributed by atoms with E-state index in [1.54, 1.807) is 0 Å². The Bertz CT molecular complexity index is 1290. The molecule has 0 aromatic rings. The van der Waals surface area contributed by atoms with Crippen molar-refractivity contribution in [2.45, 2.75) is 72.6 Å². The van der Waals surface area contributed by atoms with E-state index >= 15 is 35.1 Å². The van der Waals surface area contributed by atoms with E-state index in [1.165, 1.54) is 18.9 Å². The third-order valence-electron chi connectivity index (χ3n) is 6.00. The molecular weight excluding hydrogens is 900 g/mol. The van der Waals surface area contributed by atoms with Crippen LogP contribution in [-0.4, -0.2) is 125 Å². The number of alkyl halides is 24. The van der Waals surface area contributed by atoms with Gasteiger partial charge in [-0.3, -0.25) is 0 Å². The van der Waals surface area contributed by atoms with E-state index in [2.05, 4.69) is 18.9 Å². The summed E-state index contributed by atoms with van der Waals surface area (Å²) in [6.45, 7) is 0. The first kappa shape index (κ1) is 53.0. The lowest BCUT2D eigenvalue weighted by Gasteiger charge is -2.51. The largest absolute Gasteiger partial charge is 0.464 e. The second-order valence-electron chi connectivity index (χ2n) is 9.56. The first-order chi connectivity index (χ1) is 24.8. The van der Waals surface area contributed by atoms with Crippen molar-refractivity contribution in [3.05, 3.63) is 0 Å². The summed E-state index contributed by atoms with van der Waals surface area (Å²) < 4.78 is 366. The lowest BCUT2D eigenvalue weighted by atomic mass is 9.80. The van der Waals surface area contributed by atoms with E-state index in [-0.39, 0.29) is 0 Å². The molecule has 336 valence electrons. The van der Waals surface area contributed by atoms with Crippen LogP contribution in [0, 0.1) is 5.41 Å². The van der Waals surface area contributed by atoms with Crippen LogP contribution in [0.2, 0.25) is 0 Å². The van der Waals surface area contributed by atoms with Gasteiger partial charge in [-0.25, -0.2) is 38.1 Å². The number of carbonyl (C=O) groups excluding carboxylic acids is 4. The molecule has 0 bridgehead atoms. The molecular formula is C21H12F24O12. The maximum atomic E-state index is 15.5. The normalized spacial score (nSPS) is 15.2. The van der Waals surface area contributed by atoms with Gasteiger partial charge in [0.05, 0.1) is 28.4 Å². The van der Waals surface area contributed by atoms with Gasteiger partial charge in [0.2, 0.25) is 0 Å². The highest BCUT2D eigenvalue weighted by Crippen LogP contribution is 2.70. The molecule has 0 aliphatic rings. The summed E-state index contributed by atoms with van der Waals surface area (Å²) in [7, 11) is -1.95. The van der Waals surface area contributed by atoms with E-state index in [0.717, 1.165) is 0 Å². The smallest absolute Gasteiger partial charge is 0.435 e. The van der Waals surface area contributed by atoms with Crippen LogP contribution in [0.4, 0.5) is 105 Å². The molecule has 0 unspecified atom stereocenters. The minimum Gasteiger partial charge on any atom is -0.464 e. The second kappa shape index (κ2) is 15.3. The van der Waals surface area contributed by atoms with Crippen molar-refractivity contribution in [1.29, 1.82) is 0 Å². The van der Waals surface area contributed by atoms with E-state index in [0.29, 0.717) is 0 Å². The van der Waals surface area contributed by atoms with Crippen LogP contribution < -0.4 is 0 Å². The van der Waals surface area contributed by atoms with Crippen LogP contribution in [0.25, 0.3) is 0 Å². The lowest BCUT2D eigenvalue weighted by molar-refractivity contribution is -0.621. The molecule has 12 nitrogen and oxygen atoms in total. The van der Waals surface area contributed by atoms with Crippen molar-refractivity contribution in [1.82, 2.24) is 0 Å². The highest BCUT2D eigenvalue weighted by atomic mass is 19.4. The molecule has 0 saturated carbocycles. The summed E-state index contributed by atoms with van der Waals surface area (Å²) in [5, 5.41) is 0. The zero-order chi connectivity index (χ0) is 46.5.